The Morgan fingerprint density at radius 1 is 0.862 bits per heavy atom. The Balaban J connectivity index is 1.50. The number of rotatable bonds is 7. The summed E-state index contributed by atoms with van der Waals surface area (Å²) in [7, 11) is 0. The van der Waals surface area contributed by atoms with Gasteiger partial charge in [-0.05, 0) is 68.9 Å². The zero-order chi connectivity index (χ0) is 20.6. The van der Waals surface area contributed by atoms with Crippen LogP contribution in [0.2, 0.25) is 0 Å². The van der Waals surface area contributed by atoms with Gasteiger partial charge in [0.15, 0.2) is 0 Å². The van der Waals surface area contributed by atoms with Crippen molar-refractivity contribution in [1.29, 1.82) is 0 Å². The molecule has 2 N–H and O–H groups in total. The first-order valence-electron chi connectivity index (χ1n) is 10.5. The fourth-order valence-electron chi connectivity index (χ4n) is 3.77. The van der Waals surface area contributed by atoms with Gasteiger partial charge in [0.1, 0.15) is 5.75 Å². The molecule has 0 heterocycles. The van der Waals surface area contributed by atoms with Crippen molar-refractivity contribution in [3.63, 3.8) is 0 Å². The fraction of sp³-hybridized carbons (Fsp3) is 0.417. The van der Waals surface area contributed by atoms with Gasteiger partial charge in [-0.3, -0.25) is 9.59 Å². The van der Waals surface area contributed by atoms with Crippen molar-refractivity contribution in [3.8, 4) is 5.75 Å². The molecule has 2 aromatic carbocycles. The van der Waals surface area contributed by atoms with Gasteiger partial charge < -0.3 is 15.4 Å². The van der Waals surface area contributed by atoms with Crippen LogP contribution in [0.3, 0.4) is 0 Å². The number of amides is 2. The van der Waals surface area contributed by atoms with Crippen LogP contribution in [-0.2, 0) is 16.0 Å². The van der Waals surface area contributed by atoms with Gasteiger partial charge in [0.25, 0.3) is 0 Å². The van der Waals surface area contributed by atoms with Gasteiger partial charge in [-0.15, -0.1) is 0 Å². The van der Waals surface area contributed by atoms with E-state index in [2.05, 4.69) is 17.6 Å². The largest absolute Gasteiger partial charge is 0.492 e. The number of carbonyl (C=O) groups is 2. The van der Waals surface area contributed by atoms with Gasteiger partial charge in [0.2, 0.25) is 11.8 Å². The Morgan fingerprint density at radius 3 is 2.03 bits per heavy atom. The minimum atomic E-state index is -0.0717. The van der Waals surface area contributed by atoms with Crippen LogP contribution in [0, 0.1) is 11.8 Å². The normalized spacial score (nSPS) is 18.7. The number of carbonyl (C=O) groups excluding carboxylic acids is 2. The Hall–Kier alpha value is -2.82. The lowest BCUT2D eigenvalue weighted by molar-refractivity contribution is -0.125. The smallest absolute Gasteiger partial charge is 0.227 e. The molecule has 0 aliphatic heterocycles. The number of hydrogen-bond donors (Lipinski definition) is 2. The Kier molecular flexibility index (Phi) is 7.28. The highest BCUT2D eigenvalue weighted by Crippen LogP contribution is 2.32. The molecule has 3 rings (SSSR count). The summed E-state index contributed by atoms with van der Waals surface area (Å²) in [5.74, 6) is 0.629. The second-order valence-electron chi connectivity index (χ2n) is 7.51. The monoisotopic (exact) mass is 394 g/mol. The summed E-state index contributed by atoms with van der Waals surface area (Å²) in [6.07, 6.45) is 3.87. The van der Waals surface area contributed by atoms with Gasteiger partial charge in [-0.25, -0.2) is 0 Å². The van der Waals surface area contributed by atoms with E-state index in [9.17, 15) is 9.59 Å². The zero-order valence-electron chi connectivity index (χ0n) is 17.2. The van der Waals surface area contributed by atoms with Crippen LogP contribution in [0.25, 0.3) is 0 Å². The lowest BCUT2D eigenvalue weighted by Gasteiger charge is -2.27. The highest BCUT2D eigenvalue weighted by Gasteiger charge is 2.30. The molecule has 2 amide bonds. The predicted molar refractivity (Wildman–Crippen MR) is 116 cm³/mol. The van der Waals surface area contributed by atoms with Crippen molar-refractivity contribution in [2.24, 2.45) is 11.8 Å². The lowest BCUT2D eigenvalue weighted by atomic mass is 9.81. The van der Waals surface area contributed by atoms with Crippen molar-refractivity contribution in [1.82, 2.24) is 0 Å². The molecule has 0 atom stereocenters. The van der Waals surface area contributed by atoms with E-state index in [1.807, 2.05) is 55.5 Å². The van der Waals surface area contributed by atoms with E-state index in [0.29, 0.717) is 18.0 Å². The van der Waals surface area contributed by atoms with Crippen LogP contribution in [0.5, 0.6) is 5.75 Å². The summed E-state index contributed by atoms with van der Waals surface area (Å²) in [6, 6.07) is 15.5. The summed E-state index contributed by atoms with van der Waals surface area (Å²) < 4.78 is 5.58. The van der Waals surface area contributed by atoms with E-state index < -0.39 is 0 Å². The zero-order valence-corrected chi connectivity index (χ0v) is 17.2. The van der Waals surface area contributed by atoms with E-state index in [0.717, 1.165) is 37.8 Å². The topological polar surface area (TPSA) is 67.4 Å². The number of aryl methyl sites for hydroxylation is 1. The lowest BCUT2D eigenvalue weighted by Crippen LogP contribution is -2.32. The highest BCUT2D eigenvalue weighted by molar-refractivity contribution is 5.95. The van der Waals surface area contributed by atoms with Crippen LogP contribution in [0.1, 0.15) is 45.1 Å². The minimum absolute atomic E-state index is 0.00571. The number of hydrogen-bond acceptors (Lipinski definition) is 3. The maximum atomic E-state index is 12.7. The van der Waals surface area contributed by atoms with Crippen molar-refractivity contribution in [2.45, 2.75) is 46.0 Å². The molecule has 0 bridgehead atoms. The molecule has 154 valence electrons. The molecule has 5 heteroatoms. The van der Waals surface area contributed by atoms with Gasteiger partial charge in [-0.1, -0.05) is 31.2 Å². The maximum absolute atomic E-state index is 12.7. The minimum Gasteiger partial charge on any atom is -0.492 e. The van der Waals surface area contributed by atoms with Crippen molar-refractivity contribution >= 4 is 23.2 Å². The van der Waals surface area contributed by atoms with Gasteiger partial charge in [-0.2, -0.15) is 0 Å². The van der Waals surface area contributed by atoms with Crippen LogP contribution < -0.4 is 15.4 Å². The third-order valence-corrected chi connectivity index (χ3v) is 5.54. The average Bonchev–Trinajstić information content (AvgIpc) is 2.76. The van der Waals surface area contributed by atoms with Crippen molar-refractivity contribution < 1.29 is 14.3 Å². The molecular weight excluding hydrogens is 364 g/mol. The van der Waals surface area contributed by atoms with E-state index >= 15 is 0 Å². The summed E-state index contributed by atoms with van der Waals surface area (Å²) in [4.78, 5) is 25.3. The number of anilines is 2. The molecule has 1 fully saturated rings. The maximum Gasteiger partial charge on any atom is 0.227 e. The Labute approximate surface area is 172 Å². The van der Waals surface area contributed by atoms with Crippen LogP contribution in [0.4, 0.5) is 11.4 Å². The van der Waals surface area contributed by atoms with Crippen molar-refractivity contribution in [2.75, 3.05) is 17.2 Å². The Bertz CT molecular complexity index is 824. The second kappa shape index (κ2) is 10.1. The molecule has 0 unspecified atom stereocenters. The van der Waals surface area contributed by atoms with E-state index in [-0.39, 0.29) is 23.7 Å². The van der Waals surface area contributed by atoms with Crippen LogP contribution in [0.15, 0.2) is 48.5 Å². The van der Waals surface area contributed by atoms with Gasteiger partial charge >= 0.3 is 0 Å². The standard InChI is InChI=1S/C24H30N2O3/c1-3-17-9-15-20(16-10-17)25-23(27)18-11-13-19(14-12-18)24(28)26-21-7-5-6-8-22(21)29-4-2/h5-10,15-16,18-19H,3-4,11-14H2,1-2H3,(H,25,27)(H,26,28). The predicted octanol–water partition coefficient (Wildman–Crippen LogP) is 5.03. The molecule has 0 spiro atoms. The second-order valence-corrected chi connectivity index (χ2v) is 7.51. The molecule has 1 aliphatic rings. The summed E-state index contributed by atoms with van der Waals surface area (Å²) in [5.41, 5.74) is 2.79. The third-order valence-electron chi connectivity index (χ3n) is 5.54. The fourth-order valence-corrected chi connectivity index (χ4v) is 3.77. The summed E-state index contributed by atoms with van der Waals surface area (Å²) in [6.45, 7) is 4.58. The SMILES string of the molecule is CCOc1ccccc1NC(=O)C1CCC(C(=O)Nc2ccc(CC)cc2)CC1. The van der Waals surface area contributed by atoms with E-state index in [1.165, 1.54) is 5.56 Å². The van der Waals surface area contributed by atoms with E-state index in [1.54, 1.807) is 0 Å². The highest BCUT2D eigenvalue weighted by atomic mass is 16.5. The van der Waals surface area contributed by atoms with Crippen LogP contribution >= 0.6 is 0 Å². The molecule has 0 radical (unpaired) electrons. The number of nitrogens with one attached hydrogen (secondary N) is 2. The average molecular weight is 395 g/mol. The molecule has 29 heavy (non-hydrogen) atoms. The van der Waals surface area contributed by atoms with Crippen molar-refractivity contribution in [3.05, 3.63) is 54.1 Å². The van der Waals surface area contributed by atoms with E-state index in [4.69, 9.17) is 4.74 Å². The first-order chi connectivity index (χ1) is 14.1. The van der Waals surface area contributed by atoms with Gasteiger partial charge in [0, 0.05) is 17.5 Å². The van der Waals surface area contributed by atoms with Gasteiger partial charge in [0.05, 0.1) is 12.3 Å². The number of para-hydroxylation sites is 2. The molecule has 0 saturated heterocycles. The molecule has 1 saturated carbocycles. The van der Waals surface area contributed by atoms with Crippen LogP contribution in [-0.4, -0.2) is 18.4 Å². The molecule has 1 aliphatic carbocycles. The first kappa shape index (κ1) is 20.9. The Morgan fingerprint density at radius 2 is 1.45 bits per heavy atom. The molecule has 0 aromatic heterocycles. The molecule has 5 nitrogen and oxygen atoms in total. The third kappa shape index (κ3) is 5.59. The first-order valence-corrected chi connectivity index (χ1v) is 10.5. The summed E-state index contributed by atoms with van der Waals surface area (Å²) in [5, 5.41) is 6.01. The quantitative estimate of drug-likeness (QED) is 0.692. The number of benzene rings is 2. The number of ether oxygens (including phenoxy) is 1. The summed E-state index contributed by atoms with van der Waals surface area (Å²) >= 11 is 0. The molecular formula is C24H30N2O3. The molecule has 2 aromatic rings.